The Kier molecular flexibility index (Phi) is 4.10. The van der Waals surface area contributed by atoms with Gasteiger partial charge in [-0.25, -0.2) is 0 Å². The van der Waals surface area contributed by atoms with Gasteiger partial charge in [-0.1, -0.05) is 0 Å². The second-order valence-electron chi connectivity index (χ2n) is 6.30. The first-order valence-electron chi connectivity index (χ1n) is 7.86. The molecule has 2 N–H and O–H groups in total. The molecule has 1 aromatic rings. The van der Waals surface area contributed by atoms with E-state index in [4.69, 9.17) is 0 Å². The molecule has 21 heavy (non-hydrogen) atoms. The number of hydrogen-bond donors (Lipinski definition) is 2. The van der Waals surface area contributed by atoms with E-state index < -0.39 is 0 Å². The van der Waals surface area contributed by atoms with E-state index in [-0.39, 0.29) is 17.0 Å². The van der Waals surface area contributed by atoms with Crippen LogP contribution in [0.5, 0.6) is 0 Å². The average molecular weight is 289 g/mol. The summed E-state index contributed by atoms with van der Waals surface area (Å²) >= 11 is 0. The fourth-order valence-corrected chi connectivity index (χ4v) is 2.85. The van der Waals surface area contributed by atoms with E-state index in [1.54, 1.807) is 17.0 Å². The average Bonchev–Trinajstić information content (AvgIpc) is 3.29. The monoisotopic (exact) mass is 289 g/mol. The largest absolute Gasteiger partial charge is 0.338 e. The third-order valence-electron chi connectivity index (χ3n) is 4.46. The number of carbonyl (C=O) groups excluding carboxylic acids is 1. The number of H-pyrrole nitrogens is 1. The number of nitrogens with zero attached hydrogens (tertiary/aromatic N) is 1. The third kappa shape index (κ3) is 3.53. The number of likely N-dealkylation sites (tertiary alicyclic amines) is 1. The Labute approximate surface area is 124 Å². The van der Waals surface area contributed by atoms with Gasteiger partial charge in [0.15, 0.2) is 0 Å². The molecule has 0 radical (unpaired) electrons. The molecule has 1 aliphatic carbocycles. The van der Waals surface area contributed by atoms with Crippen molar-refractivity contribution in [2.24, 2.45) is 5.92 Å². The number of carbonyl (C=O) groups is 1. The van der Waals surface area contributed by atoms with Crippen molar-refractivity contribution in [2.75, 3.05) is 19.6 Å². The molecule has 0 spiro atoms. The zero-order chi connectivity index (χ0) is 14.8. The Bertz CT molecular complexity index is 569. The number of aromatic nitrogens is 1. The first kappa shape index (κ1) is 14.3. The maximum atomic E-state index is 12.4. The molecule has 0 atom stereocenters. The van der Waals surface area contributed by atoms with E-state index in [1.807, 2.05) is 6.92 Å². The van der Waals surface area contributed by atoms with E-state index in [9.17, 15) is 9.59 Å². The molecule has 0 unspecified atom stereocenters. The molecule has 5 nitrogen and oxygen atoms in total. The number of piperidine rings is 1. The van der Waals surface area contributed by atoms with Crippen molar-refractivity contribution in [1.82, 2.24) is 15.2 Å². The highest BCUT2D eigenvalue weighted by Crippen LogP contribution is 2.28. The summed E-state index contributed by atoms with van der Waals surface area (Å²) in [5.41, 5.74) is 0.749. The van der Waals surface area contributed by atoms with E-state index >= 15 is 0 Å². The highest BCUT2D eigenvalue weighted by Gasteiger charge is 2.27. The minimum atomic E-state index is -0.283. The van der Waals surface area contributed by atoms with Crippen LogP contribution >= 0.6 is 0 Å². The van der Waals surface area contributed by atoms with E-state index in [0.29, 0.717) is 6.04 Å². The van der Waals surface area contributed by atoms with E-state index in [0.717, 1.165) is 44.1 Å². The molecule has 1 saturated carbocycles. The zero-order valence-corrected chi connectivity index (χ0v) is 12.5. The Hall–Kier alpha value is -1.62. The molecule has 1 aliphatic heterocycles. The van der Waals surface area contributed by atoms with Crippen molar-refractivity contribution in [2.45, 2.75) is 38.6 Å². The maximum Gasteiger partial charge on any atom is 0.260 e. The van der Waals surface area contributed by atoms with Crippen LogP contribution in [0.3, 0.4) is 0 Å². The first-order valence-corrected chi connectivity index (χ1v) is 7.86. The Balaban J connectivity index is 1.55. The van der Waals surface area contributed by atoms with Gasteiger partial charge in [-0.2, -0.15) is 0 Å². The van der Waals surface area contributed by atoms with Gasteiger partial charge >= 0.3 is 0 Å². The number of aryl methyl sites for hydroxylation is 1. The normalized spacial score (nSPS) is 19.8. The summed E-state index contributed by atoms with van der Waals surface area (Å²) in [5.74, 6) is 0.743. The highest BCUT2D eigenvalue weighted by atomic mass is 16.2. The molecule has 1 amide bonds. The standard InChI is InChI=1S/C16H23N3O2/c1-11-2-5-14(15(20)18-11)16(21)19-8-6-13(7-9-19)17-10-12-3-4-12/h2,5,12-13,17H,3-4,6-10H2,1H3,(H,18,20). The minimum Gasteiger partial charge on any atom is -0.338 e. The number of rotatable bonds is 4. The molecule has 1 saturated heterocycles. The Morgan fingerprint density at radius 1 is 1.29 bits per heavy atom. The fraction of sp³-hybridized carbons (Fsp3) is 0.625. The van der Waals surface area contributed by atoms with Gasteiger partial charge in [0.1, 0.15) is 5.56 Å². The molecule has 1 aromatic heterocycles. The van der Waals surface area contributed by atoms with Crippen LogP contribution in [0.1, 0.15) is 41.7 Å². The summed E-state index contributed by atoms with van der Waals surface area (Å²) in [7, 11) is 0. The van der Waals surface area contributed by atoms with Gasteiger partial charge in [0.25, 0.3) is 11.5 Å². The number of nitrogens with one attached hydrogen (secondary N) is 2. The number of amides is 1. The second-order valence-corrected chi connectivity index (χ2v) is 6.30. The lowest BCUT2D eigenvalue weighted by Crippen LogP contribution is -2.46. The highest BCUT2D eigenvalue weighted by molar-refractivity contribution is 5.93. The van der Waals surface area contributed by atoms with Crippen LogP contribution in [0.25, 0.3) is 0 Å². The molecule has 0 aromatic carbocycles. The Morgan fingerprint density at radius 2 is 2.00 bits per heavy atom. The molecule has 0 bridgehead atoms. The molecule has 2 heterocycles. The summed E-state index contributed by atoms with van der Waals surface area (Å²) in [6, 6.07) is 3.93. The van der Waals surface area contributed by atoms with Crippen molar-refractivity contribution >= 4 is 5.91 Å². The number of pyridine rings is 1. The van der Waals surface area contributed by atoms with Gasteiger partial charge in [0, 0.05) is 24.8 Å². The van der Waals surface area contributed by atoms with Crippen LogP contribution in [0.2, 0.25) is 0 Å². The number of hydrogen-bond acceptors (Lipinski definition) is 3. The lowest BCUT2D eigenvalue weighted by atomic mass is 10.0. The predicted octanol–water partition coefficient (Wildman–Crippen LogP) is 1.29. The Morgan fingerprint density at radius 3 is 2.62 bits per heavy atom. The van der Waals surface area contributed by atoms with Crippen molar-refractivity contribution < 1.29 is 4.79 Å². The van der Waals surface area contributed by atoms with Crippen molar-refractivity contribution in [3.8, 4) is 0 Å². The summed E-state index contributed by atoms with van der Waals surface area (Å²) in [4.78, 5) is 28.8. The lowest BCUT2D eigenvalue weighted by molar-refractivity contribution is 0.0703. The van der Waals surface area contributed by atoms with Gasteiger partial charge in [-0.15, -0.1) is 0 Å². The first-order chi connectivity index (χ1) is 10.1. The van der Waals surface area contributed by atoms with Crippen molar-refractivity contribution in [1.29, 1.82) is 0 Å². The van der Waals surface area contributed by atoms with Crippen LogP contribution in [-0.4, -0.2) is 41.5 Å². The SMILES string of the molecule is Cc1ccc(C(=O)N2CCC(NCC3CC3)CC2)c(=O)[nH]1. The van der Waals surface area contributed by atoms with Gasteiger partial charge in [0.05, 0.1) is 0 Å². The van der Waals surface area contributed by atoms with E-state index in [2.05, 4.69) is 10.3 Å². The van der Waals surface area contributed by atoms with Crippen molar-refractivity contribution in [3.63, 3.8) is 0 Å². The minimum absolute atomic E-state index is 0.142. The van der Waals surface area contributed by atoms with E-state index in [1.165, 1.54) is 12.8 Å². The molecule has 3 rings (SSSR count). The number of aromatic amines is 1. The predicted molar refractivity (Wildman–Crippen MR) is 81.5 cm³/mol. The summed E-state index contributed by atoms with van der Waals surface area (Å²) in [6.45, 7) is 4.39. The third-order valence-corrected chi connectivity index (χ3v) is 4.46. The van der Waals surface area contributed by atoms with Gasteiger partial charge in [0.2, 0.25) is 0 Å². The molecule has 114 valence electrons. The lowest BCUT2D eigenvalue weighted by Gasteiger charge is -2.32. The molecular weight excluding hydrogens is 266 g/mol. The summed E-state index contributed by atoms with van der Waals surface area (Å²) < 4.78 is 0. The quantitative estimate of drug-likeness (QED) is 0.878. The van der Waals surface area contributed by atoms with Crippen LogP contribution in [0.15, 0.2) is 16.9 Å². The topological polar surface area (TPSA) is 65.2 Å². The van der Waals surface area contributed by atoms with Crippen LogP contribution in [0.4, 0.5) is 0 Å². The maximum absolute atomic E-state index is 12.4. The molecule has 2 fully saturated rings. The fourth-order valence-electron chi connectivity index (χ4n) is 2.85. The molecule has 5 heteroatoms. The van der Waals surface area contributed by atoms with Crippen molar-refractivity contribution in [3.05, 3.63) is 33.7 Å². The smallest absolute Gasteiger partial charge is 0.260 e. The zero-order valence-electron chi connectivity index (χ0n) is 12.5. The summed E-state index contributed by atoms with van der Waals surface area (Å²) in [6.07, 6.45) is 4.67. The van der Waals surface area contributed by atoms with Gasteiger partial charge in [-0.05, 0) is 57.2 Å². The molecular formula is C16H23N3O2. The van der Waals surface area contributed by atoms with Crippen LogP contribution < -0.4 is 10.9 Å². The van der Waals surface area contributed by atoms with Crippen LogP contribution in [0, 0.1) is 12.8 Å². The second kappa shape index (κ2) is 6.02. The summed E-state index contributed by atoms with van der Waals surface area (Å²) in [5, 5.41) is 3.60. The van der Waals surface area contributed by atoms with Gasteiger partial charge in [-0.3, -0.25) is 9.59 Å². The van der Waals surface area contributed by atoms with Crippen LogP contribution in [-0.2, 0) is 0 Å². The van der Waals surface area contributed by atoms with Gasteiger partial charge < -0.3 is 15.2 Å². The molecule has 2 aliphatic rings.